The Morgan fingerprint density at radius 3 is 2.74 bits per heavy atom. The first-order valence-electron chi connectivity index (χ1n) is 6.50. The van der Waals surface area contributed by atoms with Crippen molar-refractivity contribution >= 4 is 18.4 Å². The Hall–Kier alpha value is -0.910. The van der Waals surface area contributed by atoms with Gasteiger partial charge in [0.1, 0.15) is 0 Å². The summed E-state index contributed by atoms with van der Waals surface area (Å²) in [6.07, 6.45) is 1.88. The van der Waals surface area contributed by atoms with Crippen LogP contribution < -0.4 is 10.2 Å². The fourth-order valence-electron chi connectivity index (χ4n) is 3.20. The largest absolute Gasteiger partial charge is 0.347 e. The molecule has 5 nitrogen and oxygen atoms in total. The van der Waals surface area contributed by atoms with Gasteiger partial charge in [0.15, 0.2) is 0 Å². The molecule has 19 heavy (non-hydrogen) atoms. The molecular weight excluding hydrogens is 262 g/mol. The Labute approximate surface area is 120 Å². The Bertz CT molecular complexity index is 446. The van der Waals surface area contributed by atoms with E-state index in [9.17, 15) is 0 Å². The first-order valence-corrected chi connectivity index (χ1v) is 6.50. The van der Waals surface area contributed by atoms with Crippen LogP contribution in [-0.4, -0.2) is 62.2 Å². The highest BCUT2D eigenvalue weighted by Gasteiger charge is 2.50. The van der Waals surface area contributed by atoms with Gasteiger partial charge in [-0.25, -0.2) is 9.97 Å². The maximum Gasteiger partial charge on any atom is 0.224 e. The van der Waals surface area contributed by atoms with E-state index in [-0.39, 0.29) is 12.4 Å². The maximum absolute atomic E-state index is 4.73. The zero-order valence-electron chi connectivity index (χ0n) is 11.8. The van der Waals surface area contributed by atoms with Crippen LogP contribution in [0.2, 0.25) is 0 Å². The molecule has 1 unspecified atom stereocenters. The van der Waals surface area contributed by atoms with Gasteiger partial charge < -0.3 is 15.1 Å². The highest BCUT2D eigenvalue weighted by atomic mass is 35.5. The van der Waals surface area contributed by atoms with Crippen LogP contribution in [-0.2, 0) is 0 Å². The molecule has 0 amide bonds. The lowest BCUT2D eigenvalue weighted by molar-refractivity contribution is 0.156. The highest BCUT2D eigenvalue weighted by Crippen LogP contribution is 2.44. The Balaban J connectivity index is 0.00000133. The van der Waals surface area contributed by atoms with E-state index in [0.29, 0.717) is 11.3 Å². The van der Waals surface area contributed by atoms with E-state index in [1.807, 2.05) is 25.2 Å². The third kappa shape index (κ3) is 2.42. The first-order chi connectivity index (χ1) is 8.61. The maximum atomic E-state index is 4.73. The van der Waals surface area contributed by atoms with E-state index in [1.165, 1.54) is 12.2 Å². The number of hydrogen-bond acceptors (Lipinski definition) is 5. The quantitative estimate of drug-likeness (QED) is 0.860. The second-order valence-electron chi connectivity index (χ2n) is 5.89. The van der Waals surface area contributed by atoms with Gasteiger partial charge in [0.2, 0.25) is 5.95 Å². The number of hydrogen-bond donors (Lipinski definition) is 1. The van der Waals surface area contributed by atoms with Crippen LogP contribution in [0.1, 0.15) is 11.6 Å². The number of nitrogens with zero attached hydrogens (tertiary/aromatic N) is 4. The number of aromatic nitrogens is 2. The SMILES string of the molecule is CN1CC(c2ccnc(N(C)C)n2)C2(CNC2)C1.Cl. The van der Waals surface area contributed by atoms with Crippen molar-refractivity contribution in [2.75, 3.05) is 52.2 Å². The Kier molecular flexibility index (Phi) is 3.99. The monoisotopic (exact) mass is 283 g/mol. The van der Waals surface area contributed by atoms with Gasteiger partial charge in [0, 0.05) is 57.8 Å². The summed E-state index contributed by atoms with van der Waals surface area (Å²) >= 11 is 0. The van der Waals surface area contributed by atoms with Crippen molar-refractivity contribution in [2.24, 2.45) is 5.41 Å². The lowest BCUT2D eigenvalue weighted by Gasteiger charge is -2.43. The molecule has 0 aliphatic carbocycles. The fraction of sp³-hybridized carbons (Fsp3) is 0.692. The lowest BCUT2D eigenvalue weighted by Crippen LogP contribution is -2.57. The van der Waals surface area contributed by atoms with E-state index >= 15 is 0 Å². The molecule has 1 N–H and O–H groups in total. The molecule has 6 heteroatoms. The van der Waals surface area contributed by atoms with Gasteiger partial charge in [0.25, 0.3) is 0 Å². The molecule has 0 radical (unpaired) electrons. The molecule has 0 bridgehead atoms. The van der Waals surface area contributed by atoms with Crippen LogP contribution in [0, 0.1) is 5.41 Å². The summed E-state index contributed by atoms with van der Waals surface area (Å²) in [5.74, 6) is 1.34. The van der Waals surface area contributed by atoms with Gasteiger partial charge in [-0.15, -0.1) is 12.4 Å². The molecule has 1 aromatic heterocycles. The predicted octanol–water partition coefficient (Wildman–Crippen LogP) is 0.583. The Morgan fingerprint density at radius 2 is 2.16 bits per heavy atom. The molecule has 2 aliphatic heterocycles. The molecule has 0 aromatic carbocycles. The summed E-state index contributed by atoms with van der Waals surface area (Å²) in [7, 11) is 6.18. The number of likely N-dealkylation sites (N-methyl/N-ethyl adjacent to an activating group) is 1. The third-order valence-electron chi connectivity index (χ3n) is 4.19. The first kappa shape index (κ1) is 14.5. The summed E-state index contributed by atoms with van der Waals surface area (Å²) in [5.41, 5.74) is 1.59. The van der Waals surface area contributed by atoms with Crippen molar-refractivity contribution in [3.8, 4) is 0 Å². The Morgan fingerprint density at radius 1 is 1.42 bits per heavy atom. The van der Waals surface area contributed by atoms with Crippen LogP contribution in [0.15, 0.2) is 12.3 Å². The fourth-order valence-corrected chi connectivity index (χ4v) is 3.20. The minimum atomic E-state index is 0. The van der Waals surface area contributed by atoms with Crippen molar-refractivity contribution in [3.05, 3.63) is 18.0 Å². The number of nitrogens with one attached hydrogen (secondary N) is 1. The number of rotatable bonds is 2. The zero-order chi connectivity index (χ0) is 12.8. The average molecular weight is 284 g/mol. The van der Waals surface area contributed by atoms with Gasteiger partial charge in [-0.05, 0) is 13.1 Å². The van der Waals surface area contributed by atoms with Crippen molar-refractivity contribution in [3.63, 3.8) is 0 Å². The molecule has 106 valence electrons. The van der Waals surface area contributed by atoms with E-state index in [2.05, 4.69) is 28.3 Å². The highest BCUT2D eigenvalue weighted by molar-refractivity contribution is 5.85. The van der Waals surface area contributed by atoms with Crippen molar-refractivity contribution in [2.45, 2.75) is 5.92 Å². The summed E-state index contributed by atoms with van der Waals surface area (Å²) in [6, 6.07) is 2.08. The molecule has 3 rings (SSSR count). The minimum Gasteiger partial charge on any atom is -0.347 e. The number of anilines is 1. The molecule has 2 fully saturated rings. The molecule has 2 saturated heterocycles. The van der Waals surface area contributed by atoms with E-state index < -0.39 is 0 Å². The normalized spacial score (nSPS) is 24.9. The minimum absolute atomic E-state index is 0. The smallest absolute Gasteiger partial charge is 0.224 e. The third-order valence-corrected chi connectivity index (χ3v) is 4.19. The molecule has 1 atom stereocenters. The molecule has 3 heterocycles. The molecule has 1 aromatic rings. The van der Waals surface area contributed by atoms with Gasteiger partial charge in [-0.2, -0.15) is 0 Å². The summed E-state index contributed by atoms with van der Waals surface area (Å²) in [6.45, 7) is 4.50. The average Bonchev–Trinajstić information content (AvgIpc) is 2.67. The predicted molar refractivity (Wildman–Crippen MR) is 79.1 cm³/mol. The second-order valence-corrected chi connectivity index (χ2v) is 5.89. The standard InChI is InChI=1S/C13H21N5.ClH/c1-17(2)12-15-5-4-11(16-12)10-6-18(3)9-13(10)7-14-8-13;/h4-5,10,14H,6-9H2,1-3H3;1H. The summed E-state index contributed by atoms with van der Waals surface area (Å²) in [5, 5.41) is 3.42. The number of halogens is 1. The van der Waals surface area contributed by atoms with E-state index in [4.69, 9.17) is 4.98 Å². The zero-order valence-corrected chi connectivity index (χ0v) is 12.6. The van der Waals surface area contributed by atoms with Gasteiger partial charge in [0.05, 0.1) is 5.69 Å². The van der Waals surface area contributed by atoms with Crippen LogP contribution >= 0.6 is 12.4 Å². The summed E-state index contributed by atoms with van der Waals surface area (Å²) in [4.78, 5) is 13.4. The van der Waals surface area contributed by atoms with Crippen LogP contribution in [0.4, 0.5) is 5.95 Å². The molecule has 0 saturated carbocycles. The second kappa shape index (κ2) is 5.23. The topological polar surface area (TPSA) is 44.3 Å². The summed E-state index contributed by atoms with van der Waals surface area (Å²) < 4.78 is 0. The molecule has 2 aliphatic rings. The van der Waals surface area contributed by atoms with Gasteiger partial charge in [-0.3, -0.25) is 0 Å². The van der Waals surface area contributed by atoms with E-state index in [0.717, 1.165) is 25.6 Å². The van der Waals surface area contributed by atoms with Crippen LogP contribution in [0.3, 0.4) is 0 Å². The lowest BCUT2D eigenvalue weighted by atomic mass is 9.71. The van der Waals surface area contributed by atoms with Gasteiger partial charge in [-0.1, -0.05) is 0 Å². The molecular formula is C13H22ClN5. The van der Waals surface area contributed by atoms with Crippen molar-refractivity contribution < 1.29 is 0 Å². The van der Waals surface area contributed by atoms with Crippen molar-refractivity contribution in [1.29, 1.82) is 0 Å². The number of likely N-dealkylation sites (tertiary alicyclic amines) is 1. The van der Waals surface area contributed by atoms with Gasteiger partial charge >= 0.3 is 0 Å². The van der Waals surface area contributed by atoms with E-state index in [1.54, 1.807) is 0 Å². The van der Waals surface area contributed by atoms with Crippen LogP contribution in [0.25, 0.3) is 0 Å². The van der Waals surface area contributed by atoms with Crippen molar-refractivity contribution in [1.82, 2.24) is 20.2 Å². The molecule has 1 spiro atoms. The van der Waals surface area contributed by atoms with Crippen LogP contribution in [0.5, 0.6) is 0 Å².